The minimum atomic E-state index is -2.58. The van der Waals surface area contributed by atoms with Crippen molar-refractivity contribution in [3.63, 3.8) is 0 Å². The monoisotopic (exact) mass is 229 g/mol. The molecule has 2 aliphatic carbocycles. The van der Waals surface area contributed by atoms with Gasteiger partial charge in [0.1, 0.15) is 0 Å². The molecule has 90 valence electrons. The number of nitrogens with zero attached hydrogens (tertiary/aromatic N) is 1. The first-order valence-electron chi connectivity index (χ1n) is 6.22. The van der Waals surface area contributed by atoms with Crippen molar-refractivity contribution in [2.45, 2.75) is 56.4 Å². The second-order valence-electron chi connectivity index (χ2n) is 5.63. The van der Waals surface area contributed by atoms with Gasteiger partial charge in [-0.3, -0.25) is 4.79 Å². The Bertz CT molecular complexity index is 317. The summed E-state index contributed by atoms with van der Waals surface area (Å²) in [5.41, 5.74) is 0.0853. The molecule has 1 saturated heterocycles. The molecule has 0 radical (unpaired) electrons. The molecule has 3 aliphatic rings. The molecule has 1 heterocycles. The molecular weight excluding hydrogens is 212 g/mol. The highest BCUT2D eigenvalue weighted by Crippen LogP contribution is 2.49. The van der Waals surface area contributed by atoms with Crippen LogP contribution in [0, 0.1) is 5.92 Å². The van der Waals surface area contributed by atoms with Crippen molar-refractivity contribution >= 4 is 5.91 Å². The first-order valence-corrected chi connectivity index (χ1v) is 6.22. The van der Waals surface area contributed by atoms with Crippen LogP contribution in [0.4, 0.5) is 8.78 Å². The predicted octanol–water partition coefficient (Wildman–Crippen LogP) is 2.58. The molecule has 3 rings (SSSR count). The van der Waals surface area contributed by atoms with Crippen molar-refractivity contribution in [2.24, 2.45) is 5.92 Å². The average Bonchev–Trinajstić information content (AvgIpc) is 2.55. The van der Waals surface area contributed by atoms with Gasteiger partial charge in [0.15, 0.2) is 0 Å². The van der Waals surface area contributed by atoms with E-state index in [2.05, 4.69) is 0 Å². The summed E-state index contributed by atoms with van der Waals surface area (Å²) in [6, 6.07) is 0. The molecule has 16 heavy (non-hydrogen) atoms. The van der Waals surface area contributed by atoms with Gasteiger partial charge in [-0.05, 0) is 32.1 Å². The van der Waals surface area contributed by atoms with Crippen LogP contribution in [0.1, 0.15) is 44.9 Å². The van der Waals surface area contributed by atoms with Gasteiger partial charge in [0.05, 0.1) is 0 Å². The Morgan fingerprint density at radius 3 is 2.25 bits per heavy atom. The van der Waals surface area contributed by atoms with Crippen molar-refractivity contribution < 1.29 is 13.6 Å². The van der Waals surface area contributed by atoms with Crippen molar-refractivity contribution in [1.82, 2.24) is 4.90 Å². The van der Waals surface area contributed by atoms with Crippen molar-refractivity contribution in [3.05, 3.63) is 0 Å². The fraction of sp³-hybridized carbons (Fsp3) is 0.917. The zero-order chi connectivity index (χ0) is 11.4. The number of halogens is 2. The predicted molar refractivity (Wildman–Crippen MR) is 55.2 cm³/mol. The second-order valence-corrected chi connectivity index (χ2v) is 5.63. The van der Waals surface area contributed by atoms with E-state index in [1.165, 1.54) is 6.42 Å². The van der Waals surface area contributed by atoms with Crippen LogP contribution in [-0.4, -0.2) is 28.8 Å². The normalized spacial score (nSPS) is 31.2. The van der Waals surface area contributed by atoms with Gasteiger partial charge < -0.3 is 4.90 Å². The standard InChI is InChI=1S/C12H17F2NO/c13-12(14)7-9(8-12)10(16)15-6-2-5-11(15)3-1-4-11/h9H,1-8H2. The lowest BCUT2D eigenvalue weighted by Gasteiger charge is -2.48. The molecule has 4 heteroatoms. The molecule has 0 aromatic heterocycles. The molecule has 2 nitrogen and oxygen atoms in total. The summed E-state index contributed by atoms with van der Waals surface area (Å²) >= 11 is 0. The Morgan fingerprint density at radius 1 is 1.12 bits per heavy atom. The summed E-state index contributed by atoms with van der Waals surface area (Å²) in [5, 5.41) is 0. The number of carbonyl (C=O) groups is 1. The molecule has 3 fully saturated rings. The Hall–Kier alpha value is -0.670. The average molecular weight is 229 g/mol. The molecule has 1 spiro atoms. The molecule has 0 aromatic rings. The molecule has 1 amide bonds. The van der Waals surface area contributed by atoms with Crippen LogP contribution in [0.15, 0.2) is 0 Å². The van der Waals surface area contributed by atoms with E-state index in [0.717, 1.165) is 32.2 Å². The first-order chi connectivity index (χ1) is 7.53. The fourth-order valence-electron chi connectivity index (χ4n) is 3.44. The number of carbonyl (C=O) groups excluding carboxylic acids is 1. The number of amides is 1. The lowest BCUT2D eigenvalue weighted by atomic mass is 9.73. The third-order valence-corrected chi connectivity index (χ3v) is 4.59. The van der Waals surface area contributed by atoms with Gasteiger partial charge in [-0.15, -0.1) is 0 Å². The molecule has 2 saturated carbocycles. The Morgan fingerprint density at radius 2 is 1.75 bits per heavy atom. The van der Waals surface area contributed by atoms with Gasteiger partial charge in [-0.25, -0.2) is 8.78 Å². The summed E-state index contributed by atoms with van der Waals surface area (Å²) < 4.78 is 25.5. The van der Waals surface area contributed by atoms with Crippen molar-refractivity contribution in [3.8, 4) is 0 Å². The van der Waals surface area contributed by atoms with E-state index in [1.54, 1.807) is 0 Å². The summed E-state index contributed by atoms with van der Waals surface area (Å²) in [7, 11) is 0. The van der Waals surface area contributed by atoms with Crippen LogP contribution < -0.4 is 0 Å². The highest BCUT2D eigenvalue weighted by molar-refractivity contribution is 5.81. The molecule has 1 aliphatic heterocycles. The molecule has 0 unspecified atom stereocenters. The number of alkyl halides is 2. The van der Waals surface area contributed by atoms with Crippen LogP contribution in [0.2, 0.25) is 0 Å². The maximum absolute atomic E-state index is 12.8. The van der Waals surface area contributed by atoms with Gasteiger partial charge in [-0.1, -0.05) is 0 Å². The van der Waals surface area contributed by atoms with Gasteiger partial charge in [-0.2, -0.15) is 0 Å². The molecule has 0 bridgehead atoms. The Balaban J connectivity index is 1.67. The molecule has 0 N–H and O–H groups in total. The quantitative estimate of drug-likeness (QED) is 0.676. The van der Waals surface area contributed by atoms with Crippen molar-refractivity contribution in [2.75, 3.05) is 6.54 Å². The van der Waals surface area contributed by atoms with Crippen LogP contribution in [0.5, 0.6) is 0 Å². The van der Waals surface area contributed by atoms with Gasteiger partial charge in [0, 0.05) is 30.8 Å². The highest BCUT2D eigenvalue weighted by Gasteiger charge is 2.54. The second kappa shape index (κ2) is 3.17. The Kier molecular flexibility index (Phi) is 2.08. The maximum Gasteiger partial charge on any atom is 0.249 e. The largest absolute Gasteiger partial charge is 0.337 e. The zero-order valence-electron chi connectivity index (χ0n) is 9.35. The van der Waals surface area contributed by atoms with Crippen LogP contribution in [0.25, 0.3) is 0 Å². The lowest BCUT2D eigenvalue weighted by molar-refractivity contribution is -0.166. The maximum atomic E-state index is 12.8. The first kappa shape index (κ1) is 10.5. The van der Waals surface area contributed by atoms with Gasteiger partial charge in [0.2, 0.25) is 11.8 Å². The summed E-state index contributed by atoms with van der Waals surface area (Å²) in [4.78, 5) is 14.0. The van der Waals surface area contributed by atoms with E-state index in [1.807, 2.05) is 4.90 Å². The third-order valence-electron chi connectivity index (χ3n) is 4.59. The van der Waals surface area contributed by atoms with Crippen LogP contribution >= 0.6 is 0 Å². The molecular formula is C12H17F2NO. The SMILES string of the molecule is O=C(C1CC(F)(F)C1)N1CCCC12CCC2. The number of rotatable bonds is 1. The topological polar surface area (TPSA) is 20.3 Å². The summed E-state index contributed by atoms with van der Waals surface area (Å²) in [6.07, 6.45) is 5.04. The zero-order valence-corrected chi connectivity index (χ0v) is 9.35. The number of hydrogen-bond donors (Lipinski definition) is 0. The van der Waals surface area contributed by atoms with Gasteiger partial charge >= 0.3 is 0 Å². The lowest BCUT2D eigenvalue weighted by Crippen LogP contribution is -2.56. The molecule has 0 aromatic carbocycles. The van der Waals surface area contributed by atoms with E-state index in [4.69, 9.17) is 0 Å². The smallest absolute Gasteiger partial charge is 0.249 e. The fourth-order valence-corrected chi connectivity index (χ4v) is 3.44. The van der Waals surface area contributed by atoms with E-state index in [-0.39, 0.29) is 24.3 Å². The van der Waals surface area contributed by atoms with E-state index in [0.29, 0.717) is 0 Å². The van der Waals surface area contributed by atoms with Crippen LogP contribution in [0.3, 0.4) is 0 Å². The minimum absolute atomic E-state index is 0.00289. The van der Waals surface area contributed by atoms with E-state index >= 15 is 0 Å². The van der Waals surface area contributed by atoms with E-state index < -0.39 is 11.8 Å². The minimum Gasteiger partial charge on any atom is -0.337 e. The number of hydrogen-bond acceptors (Lipinski definition) is 1. The van der Waals surface area contributed by atoms with Gasteiger partial charge in [0.25, 0.3) is 0 Å². The Labute approximate surface area is 94.0 Å². The van der Waals surface area contributed by atoms with Crippen LogP contribution in [-0.2, 0) is 4.79 Å². The number of likely N-dealkylation sites (tertiary alicyclic amines) is 1. The molecule has 0 atom stereocenters. The summed E-state index contributed by atoms with van der Waals surface area (Å²) in [5.74, 6) is -2.97. The van der Waals surface area contributed by atoms with Crippen molar-refractivity contribution in [1.29, 1.82) is 0 Å². The highest BCUT2D eigenvalue weighted by atomic mass is 19.3. The van der Waals surface area contributed by atoms with E-state index in [9.17, 15) is 13.6 Å². The summed E-state index contributed by atoms with van der Waals surface area (Å²) in [6.45, 7) is 0.793. The third kappa shape index (κ3) is 1.38.